The van der Waals surface area contributed by atoms with Crippen molar-refractivity contribution in [3.05, 3.63) is 42.2 Å². The summed E-state index contributed by atoms with van der Waals surface area (Å²) in [5.41, 5.74) is 2.86. The number of para-hydroxylation sites is 2. The highest BCUT2D eigenvalue weighted by Crippen LogP contribution is 2.10. The van der Waals surface area contributed by atoms with E-state index in [0.717, 1.165) is 29.7 Å². The molecule has 1 aliphatic heterocycles. The van der Waals surface area contributed by atoms with Gasteiger partial charge in [0.05, 0.1) is 22.9 Å². The summed E-state index contributed by atoms with van der Waals surface area (Å²) >= 11 is 0. The lowest BCUT2D eigenvalue weighted by atomic mass is 10.2. The number of benzene rings is 1. The molecule has 0 unspecified atom stereocenters. The standard InChI is InChI=1S/C16H19N3/c1-2-9-16-15(8-1)17-13-14(18-16)7-3-4-10-19-11-5-6-12-19/h1-3,7-9,13H,4-6,10-12H2/b7-3+. The van der Waals surface area contributed by atoms with Crippen molar-refractivity contribution in [2.24, 2.45) is 0 Å². The topological polar surface area (TPSA) is 29.0 Å². The lowest BCUT2D eigenvalue weighted by Gasteiger charge is -2.11. The van der Waals surface area contributed by atoms with Crippen molar-refractivity contribution in [1.82, 2.24) is 14.9 Å². The van der Waals surface area contributed by atoms with Crippen LogP contribution in [0.1, 0.15) is 25.0 Å². The zero-order valence-electron chi connectivity index (χ0n) is 11.1. The molecule has 2 aromatic rings. The molecule has 0 atom stereocenters. The summed E-state index contributed by atoms with van der Waals surface area (Å²) in [7, 11) is 0. The summed E-state index contributed by atoms with van der Waals surface area (Å²) in [6.07, 6.45) is 9.94. The highest BCUT2D eigenvalue weighted by molar-refractivity contribution is 5.74. The van der Waals surface area contributed by atoms with Gasteiger partial charge in [-0.05, 0) is 50.6 Å². The van der Waals surface area contributed by atoms with Gasteiger partial charge in [0.1, 0.15) is 0 Å². The molecule has 98 valence electrons. The van der Waals surface area contributed by atoms with Gasteiger partial charge < -0.3 is 4.90 Å². The summed E-state index contributed by atoms with van der Waals surface area (Å²) in [4.78, 5) is 11.5. The van der Waals surface area contributed by atoms with Gasteiger partial charge in [0.25, 0.3) is 0 Å². The first kappa shape index (κ1) is 12.3. The van der Waals surface area contributed by atoms with Crippen molar-refractivity contribution in [2.75, 3.05) is 19.6 Å². The minimum atomic E-state index is 0.945. The van der Waals surface area contributed by atoms with Gasteiger partial charge in [0, 0.05) is 6.54 Å². The average Bonchev–Trinajstić information content (AvgIpc) is 2.97. The zero-order valence-corrected chi connectivity index (χ0v) is 11.1. The first-order chi connectivity index (χ1) is 9.42. The second-order valence-corrected chi connectivity index (χ2v) is 5.02. The molecular formula is C16H19N3. The zero-order chi connectivity index (χ0) is 12.9. The van der Waals surface area contributed by atoms with Gasteiger partial charge in [-0.25, -0.2) is 4.98 Å². The van der Waals surface area contributed by atoms with Crippen LogP contribution in [0.2, 0.25) is 0 Å². The van der Waals surface area contributed by atoms with Gasteiger partial charge in [-0.2, -0.15) is 0 Å². The lowest BCUT2D eigenvalue weighted by molar-refractivity contribution is 0.346. The second kappa shape index (κ2) is 5.93. The molecule has 3 rings (SSSR count). The Morgan fingerprint density at radius 2 is 1.89 bits per heavy atom. The third-order valence-corrected chi connectivity index (χ3v) is 3.57. The SMILES string of the molecule is C(=C\c1cnc2ccccc2n1)/CCN1CCCC1. The molecule has 1 aliphatic rings. The van der Waals surface area contributed by atoms with Crippen LogP contribution in [-0.2, 0) is 0 Å². The van der Waals surface area contributed by atoms with E-state index in [4.69, 9.17) is 0 Å². The number of aromatic nitrogens is 2. The molecule has 19 heavy (non-hydrogen) atoms. The molecular weight excluding hydrogens is 234 g/mol. The Bertz CT molecular complexity index is 571. The number of rotatable bonds is 4. The van der Waals surface area contributed by atoms with Crippen LogP contribution in [0.15, 0.2) is 36.5 Å². The molecule has 2 heterocycles. The van der Waals surface area contributed by atoms with Gasteiger partial charge in [0.15, 0.2) is 0 Å². The number of fused-ring (bicyclic) bond motifs is 1. The predicted molar refractivity (Wildman–Crippen MR) is 78.9 cm³/mol. The van der Waals surface area contributed by atoms with Crippen LogP contribution in [0.5, 0.6) is 0 Å². The van der Waals surface area contributed by atoms with Gasteiger partial charge >= 0.3 is 0 Å². The number of nitrogens with zero attached hydrogens (tertiary/aromatic N) is 3. The van der Waals surface area contributed by atoms with Crippen molar-refractivity contribution >= 4 is 17.1 Å². The Morgan fingerprint density at radius 1 is 1.11 bits per heavy atom. The maximum absolute atomic E-state index is 4.58. The molecule has 3 nitrogen and oxygen atoms in total. The van der Waals surface area contributed by atoms with Crippen LogP contribution in [0.25, 0.3) is 17.1 Å². The van der Waals surface area contributed by atoms with E-state index in [0.29, 0.717) is 0 Å². The largest absolute Gasteiger partial charge is 0.303 e. The van der Waals surface area contributed by atoms with E-state index < -0.39 is 0 Å². The first-order valence-electron chi connectivity index (χ1n) is 7.02. The average molecular weight is 253 g/mol. The lowest BCUT2D eigenvalue weighted by Crippen LogP contribution is -2.19. The van der Waals surface area contributed by atoms with E-state index in [9.17, 15) is 0 Å². The molecule has 0 aliphatic carbocycles. The number of hydrogen-bond donors (Lipinski definition) is 0. The van der Waals surface area contributed by atoms with Crippen molar-refractivity contribution in [2.45, 2.75) is 19.3 Å². The second-order valence-electron chi connectivity index (χ2n) is 5.02. The summed E-state index contributed by atoms with van der Waals surface area (Å²) < 4.78 is 0. The monoisotopic (exact) mass is 253 g/mol. The van der Waals surface area contributed by atoms with Crippen LogP contribution in [-0.4, -0.2) is 34.5 Å². The fourth-order valence-corrected chi connectivity index (χ4v) is 2.52. The number of hydrogen-bond acceptors (Lipinski definition) is 3. The van der Waals surface area contributed by atoms with E-state index in [1.54, 1.807) is 0 Å². The molecule has 0 amide bonds. The van der Waals surface area contributed by atoms with E-state index in [1.165, 1.54) is 25.9 Å². The normalized spacial score (nSPS) is 16.6. The molecule has 1 aromatic heterocycles. The Kier molecular flexibility index (Phi) is 3.84. The van der Waals surface area contributed by atoms with Gasteiger partial charge in [-0.15, -0.1) is 0 Å². The smallest absolute Gasteiger partial charge is 0.0894 e. The molecule has 0 radical (unpaired) electrons. The molecule has 1 aromatic carbocycles. The van der Waals surface area contributed by atoms with Crippen molar-refractivity contribution in [3.8, 4) is 0 Å². The van der Waals surface area contributed by atoms with Crippen LogP contribution in [0.4, 0.5) is 0 Å². The third kappa shape index (κ3) is 3.18. The van der Waals surface area contributed by atoms with Crippen molar-refractivity contribution in [1.29, 1.82) is 0 Å². The van der Waals surface area contributed by atoms with E-state index in [1.807, 2.05) is 30.5 Å². The third-order valence-electron chi connectivity index (χ3n) is 3.57. The predicted octanol–water partition coefficient (Wildman–Crippen LogP) is 3.13. The van der Waals surface area contributed by atoms with Crippen molar-refractivity contribution < 1.29 is 0 Å². The fraction of sp³-hybridized carbons (Fsp3) is 0.375. The molecule has 0 bridgehead atoms. The number of likely N-dealkylation sites (tertiary alicyclic amines) is 1. The van der Waals surface area contributed by atoms with Crippen LogP contribution < -0.4 is 0 Å². The molecule has 1 fully saturated rings. The van der Waals surface area contributed by atoms with E-state index in [-0.39, 0.29) is 0 Å². The van der Waals surface area contributed by atoms with Gasteiger partial charge in [-0.1, -0.05) is 18.2 Å². The minimum absolute atomic E-state index is 0.945. The molecule has 3 heteroatoms. The highest BCUT2D eigenvalue weighted by atomic mass is 15.1. The van der Waals surface area contributed by atoms with E-state index in [2.05, 4.69) is 27.0 Å². The maximum atomic E-state index is 4.58. The Balaban J connectivity index is 1.60. The molecule has 0 spiro atoms. The van der Waals surface area contributed by atoms with Gasteiger partial charge in [0.2, 0.25) is 0 Å². The molecule has 0 saturated carbocycles. The van der Waals surface area contributed by atoms with Crippen molar-refractivity contribution in [3.63, 3.8) is 0 Å². The maximum Gasteiger partial charge on any atom is 0.0894 e. The summed E-state index contributed by atoms with van der Waals surface area (Å²) in [6.45, 7) is 3.70. The molecule has 1 saturated heterocycles. The first-order valence-corrected chi connectivity index (χ1v) is 7.02. The minimum Gasteiger partial charge on any atom is -0.303 e. The van der Waals surface area contributed by atoms with Crippen LogP contribution >= 0.6 is 0 Å². The van der Waals surface area contributed by atoms with Gasteiger partial charge in [-0.3, -0.25) is 4.98 Å². The highest BCUT2D eigenvalue weighted by Gasteiger charge is 2.09. The quantitative estimate of drug-likeness (QED) is 0.838. The van der Waals surface area contributed by atoms with Crippen LogP contribution in [0, 0.1) is 0 Å². The summed E-state index contributed by atoms with van der Waals surface area (Å²) in [6, 6.07) is 7.98. The Labute approximate surface area is 114 Å². The Morgan fingerprint density at radius 3 is 2.74 bits per heavy atom. The van der Waals surface area contributed by atoms with Crippen LogP contribution in [0.3, 0.4) is 0 Å². The summed E-state index contributed by atoms with van der Waals surface area (Å²) in [5.74, 6) is 0. The molecule has 0 N–H and O–H groups in total. The fourth-order valence-electron chi connectivity index (χ4n) is 2.52. The van der Waals surface area contributed by atoms with E-state index >= 15 is 0 Å². The Hall–Kier alpha value is -1.74. The summed E-state index contributed by atoms with van der Waals surface area (Å²) in [5, 5.41) is 0.